The van der Waals surface area contributed by atoms with Gasteiger partial charge >= 0.3 is 0 Å². The Hall–Kier alpha value is -1.72. The third kappa shape index (κ3) is 4.33. The SMILES string of the molecule is CCC(C)C(=O)C1=C(O)[C@@](O)([C@H](O)CC=C(C)C)C(CC=C(C)C)C1=O. The lowest BCUT2D eigenvalue weighted by Crippen LogP contribution is -2.49. The van der Waals surface area contributed by atoms with Crippen LogP contribution in [0.5, 0.6) is 0 Å². The topological polar surface area (TPSA) is 94.8 Å². The summed E-state index contributed by atoms with van der Waals surface area (Å²) < 4.78 is 0. The van der Waals surface area contributed by atoms with E-state index in [0.29, 0.717) is 6.42 Å². The number of hydrogen-bond donors (Lipinski definition) is 3. The highest BCUT2D eigenvalue weighted by atomic mass is 16.4. The first-order chi connectivity index (χ1) is 12.0. The summed E-state index contributed by atoms with van der Waals surface area (Å²) in [7, 11) is 0. The number of carbonyl (C=O) groups is 2. The zero-order valence-corrected chi connectivity index (χ0v) is 16.7. The smallest absolute Gasteiger partial charge is 0.176 e. The van der Waals surface area contributed by atoms with Gasteiger partial charge in [0, 0.05) is 5.92 Å². The molecule has 146 valence electrons. The predicted octanol–water partition coefficient (Wildman–Crippen LogP) is 3.42. The predicted molar refractivity (Wildman–Crippen MR) is 102 cm³/mol. The van der Waals surface area contributed by atoms with Crippen LogP contribution in [0.1, 0.15) is 60.8 Å². The molecule has 3 N–H and O–H groups in total. The van der Waals surface area contributed by atoms with E-state index in [1.807, 2.05) is 34.6 Å². The normalized spacial score (nSPS) is 25.1. The van der Waals surface area contributed by atoms with Crippen LogP contribution in [-0.4, -0.2) is 38.6 Å². The minimum absolute atomic E-state index is 0.0757. The molecule has 26 heavy (non-hydrogen) atoms. The van der Waals surface area contributed by atoms with E-state index in [0.717, 1.165) is 11.1 Å². The lowest BCUT2D eigenvalue weighted by molar-refractivity contribution is -0.134. The molecule has 0 aromatic heterocycles. The summed E-state index contributed by atoms with van der Waals surface area (Å²) in [6.07, 6.45) is 2.84. The summed E-state index contributed by atoms with van der Waals surface area (Å²) in [6, 6.07) is 0. The minimum atomic E-state index is -2.16. The van der Waals surface area contributed by atoms with Crippen molar-refractivity contribution in [2.45, 2.75) is 72.5 Å². The average molecular weight is 364 g/mol. The highest BCUT2D eigenvalue weighted by molar-refractivity contribution is 6.24. The Labute approximate surface area is 156 Å². The molecule has 0 fully saturated rings. The fourth-order valence-corrected chi connectivity index (χ4v) is 3.08. The molecule has 5 heteroatoms. The molecule has 0 bridgehead atoms. The van der Waals surface area contributed by atoms with E-state index in [1.165, 1.54) is 0 Å². The van der Waals surface area contributed by atoms with Crippen molar-refractivity contribution in [1.82, 2.24) is 0 Å². The molecule has 1 aliphatic carbocycles. The average Bonchev–Trinajstić information content (AvgIpc) is 2.76. The van der Waals surface area contributed by atoms with Gasteiger partial charge in [-0.2, -0.15) is 0 Å². The number of aliphatic hydroxyl groups excluding tert-OH is 2. The van der Waals surface area contributed by atoms with Crippen molar-refractivity contribution >= 4 is 11.6 Å². The maximum atomic E-state index is 12.9. The lowest BCUT2D eigenvalue weighted by atomic mass is 9.80. The first kappa shape index (κ1) is 22.3. The van der Waals surface area contributed by atoms with Crippen LogP contribution in [0.2, 0.25) is 0 Å². The monoisotopic (exact) mass is 364 g/mol. The highest BCUT2D eigenvalue weighted by Gasteiger charge is 2.58. The summed E-state index contributed by atoms with van der Waals surface area (Å²) in [6.45, 7) is 10.9. The van der Waals surface area contributed by atoms with Crippen LogP contribution in [0.4, 0.5) is 0 Å². The van der Waals surface area contributed by atoms with Gasteiger partial charge in [0.2, 0.25) is 0 Å². The van der Waals surface area contributed by atoms with Crippen LogP contribution in [-0.2, 0) is 9.59 Å². The Balaban J connectivity index is 3.43. The zero-order valence-electron chi connectivity index (χ0n) is 16.7. The van der Waals surface area contributed by atoms with Gasteiger partial charge in [-0.3, -0.25) is 9.59 Å². The van der Waals surface area contributed by atoms with Crippen molar-refractivity contribution in [1.29, 1.82) is 0 Å². The highest BCUT2D eigenvalue weighted by Crippen LogP contribution is 2.43. The Morgan fingerprint density at radius 3 is 2.19 bits per heavy atom. The largest absolute Gasteiger partial charge is 0.508 e. The van der Waals surface area contributed by atoms with Gasteiger partial charge in [-0.15, -0.1) is 0 Å². The van der Waals surface area contributed by atoms with Crippen molar-refractivity contribution in [3.8, 4) is 0 Å². The number of aliphatic hydroxyl groups is 3. The fraction of sp³-hybridized carbons (Fsp3) is 0.619. The molecule has 1 rings (SSSR count). The fourth-order valence-electron chi connectivity index (χ4n) is 3.08. The second kappa shape index (κ2) is 8.78. The molecule has 0 spiro atoms. The molecule has 0 aromatic carbocycles. The van der Waals surface area contributed by atoms with Gasteiger partial charge in [0.25, 0.3) is 0 Å². The van der Waals surface area contributed by atoms with Crippen molar-refractivity contribution in [3.05, 3.63) is 34.6 Å². The first-order valence-electron chi connectivity index (χ1n) is 9.17. The van der Waals surface area contributed by atoms with E-state index in [-0.39, 0.29) is 18.4 Å². The standard InChI is InChI=1S/C21H32O5/c1-7-14(6)18(23)17-19(24)15(10-8-12(2)3)21(26,20(17)25)16(22)11-9-13(4)5/h8-9,14-16,22,25-26H,7,10-11H2,1-6H3/t14?,15?,16-,21+/m1/s1. The van der Waals surface area contributed by atoms with Gasteiger partial charge in [-0.05, 0) is 47.0 Å². The summed E-state index contributed by atoms with van der Waals surface area (Å²) in [4.78, 5) is 25.5. The van der Waals surface area contributed by atoms with E-state index in [9.17, 15) is 24.9 Å². The summed E-state index contributed by atoms with van der Waals surface area (Å²) in [5.74, 6) is -3.29. The van der Waals surface area contributed by atoms with Gasteiger partial charge in [0.05, 0.1) is 12.0 Å². The number of hydrogen-bond acceptors (Lipinski definition) is 5. The Morgan fingerprint density at radius 1 is 1.19 bits per heavy atom. The minimum Gasteiger partial charge on any atom is -0.508 e. The molecule has 0 aliphatic heterocycles. The van der Waals surface area contributed by atoms with Gasteiger partial charge in [0.15, 0.2) is 17.2 Å². The summed E-state index contributed by atoms with van der Waals surface area (Å²) >= 11 is 0. The number of Topliss-reactive ketones (excluding diaryl/α,β-unsaturated/α-hetero) is 2. The molecule has 0 amide bonds. The molecule has 0 aromatic rings. The number of rotatable bonds is 8. The summed E-state index contributed by atoms with van der Waals surface area (Å²) in [5.41, 5.74) is -0.629. The third-order valence-electron chi connectivity index (χ3n) is 5.04. The molecule has 0 saturated heterocycles. The Bertz CT molecular complexity index is 647. The zero-order chi connectivity index (χ0) is 20.2. The first-order valence-corrected chi connectivity index (χ1v) is 9.17. The maximum Gasteiger partial charge on any atom is 0.176 e. The third-order valence-corrected chi connectivity index (χ3v) is 5.04. The van der Waals surface area contributed by atoms with Crippen LogP contribution >= 0.6 is 0 Å². The van der Waals surface area contributed by atoms with Gasteiger partial charge in [-0.25, -0.2) is 0 Å². The Kier molecular flexibility index (Phi) is 7.54. The van der Waals surface area contributed by atoms with Crippen LogP contribution < -0.4 is 0 Å². The molecular weight excluding hydrogens is 332 g/mol. The van der Waals surface area contributed by atoms with Gasteiger partial charge in [-0.1, -0.05) is 37.1 Å². The van der Waals surface area contributed by atoms with E-state index in [1.54, 1.807) is 19.1 Å². The van der Waals surface area contributed by atoms with Crippen molar-refractivity contribution < 1.29 is 24.9 Å². The molecule has 2 unspecified atom stereocenters. The molecule has 1 aliphatic rings. The van der Waals surface area contributed by atoms with Crippen molar-refractivity contribution in [3.63, 3.8) is 0 Å². The van der Waals surface area contributed by atoms with Crippen LogP contribution in [0.3, 0.4) is 0 Å². The number of allylic oxidation sites excluding steroid dienone is 4. The number of carbonyl (C=O) groups excluding carboxylic acids is 2. The molecule has 5 nitrogen and oxygen atoms in total. The van der Waals surface area contributed by atoms with Crippen LogP contribution in [0.15, 0.2) is 34.6 Å². The maximum absolute atomic E-state index is 12.9. The molecule has 0 radical (unpaired) electrons. The summed E-state index contributed by atoms with van der Waals surface area (Å²) in [5, 5.41) is 32.4. The number of ketones is 2. The van der Waals surface area contributed by atoms with Crippen LogP contribution in [0.25, 0.3) is 0 Å². The van der Waals surface area contributed by atoms with E-state index >= 15 is 0 Å². The second-order valence-corrected chi connectivity index (χ2v) is 7.69. The van der Waals surface area contributed by atoms with Gasteiger partial charge < -0.3 is 15.3 Å². The molecule has 0 saturated carbocycles. The van der Waals surface area contributed by atoms with Gasteiger partial charge in [0.1, 0.15) is 11.3 Å². The van der Waals surface area contributed by atoms with E-state index in [4.69, 9.17) is 0 Å². The van der Waals surface area contributed by atoms with E-state index in [2.05, 4.69) is 0 Å². The van der Waals surface area contributed by atoms with Crippen molar-refractivity contribution in [2.75, 3.05) is 0 Å². The van der Waals surface area contributed by atoms with Crippen molar-refractivity contribution in [2.24, 2.45) is 11.8 Å². The Morgan fingerprint density at radius 2 is 1.73 bits per heavy atom. The van der Waals surface area contributed by atoms with Crippen LogP contribution in [0, 0.1) is 11.8 Å². The molecular formula is C21H32O5. The van der Waals surface area contributed by atoms with E-state index < -0.39 is 40.9 Å². The quantitative estimate of drug-likeness (QED) is 0.453. The molecule has 0 heterocycles. The second-order valence-electron chi connectivity index (χ2n) is 7.69. The lowest BCUT2D eigenvalue weighted by Gasteiger charge is -2.33. The molecule has 4 atom stereocenters.